The molecule has 3 fully saturated rings. The number of hydrogen-bond acceptors (Lipinski definition) is 7. The molecule has 0 radical (unpaired) electrons. The molecule has 250 valence electrons. The lowest BCUT2D eigenvalue weighted by Crippen LogP contribution is -2.67. The SMILES string of the molecule is C[C@H]1C[C@@H]2O[C@@H](CO[Si](c3ccccc3)(c3ccccc3)C(C)(C)C)C[C@@H]2O[C@]12CC[C@]1(C=CC[C@@H](COC(=O)C(C)(C)C)O1)O2. The second-order valence-electron chi connectivity index (χ2n) is 15.8. The van der Waals surface area contributed by atoms with Crippen LogP contribution in [0.2, 0.25) is 5.04 Å². The second kappa shape index (κ2) is 12.6. The average Bonchev–Trinajstić information content (AvgIpc) is 3.57. The number of benzene rings is 2. The molecule has 0 saturated carbocycles. The first-order chi connectivity index (χ1) is 21.8. The van der Waals surface area contributed by atoms with Gasteiger partial charge >= 0.3 is 5.97 Å². The highest BCUT2D eigenvalue weighted by molar-refractivity contribution is 6.99. The van der Waals surface area contributed by atoms with Crippen molar-refractivity contribution in [1.29, 1.82) is 0 Å². The van der Waals surface area contributed by atoms with Crippen molar-refractivity contribution >= 4 is 24.7 Å². The summed E-state index contributed by atoms with van der Waals surface area (Å²) in [7, 11) is -2.67. The van der Waals surface area contributed by atoms with Gasteiger partial charge in [0.1, 0.15) is 6.61 Å². The van der Waals surface area contributed by atoms with E-state index < -0.39 is 25.3 Å². The molecule has 6 rings (SSSR count). The molecule has 0 N–H and O–H groups in total. The van der Waals surface area contributed by atoms with E-state index >= 15 is 0 Å². The van der Waals surface area contributed by atoms with Crippen LogP contribution in [0, 0.1) is 11.3 Å². The van der Waals surface area contributed by atoms with Crippen LogP contribution in [-0.4, -0.2) is 63.5 Å². The third-order valence-corrected chi connectivity index (χ3v) is 15.2. The van der Waals surface area contributed by atoms with Crippen molar-refractivity contribution in [2.45, 2.75) is 122 Å². The largest absolute Gasteiger partial charge is 0.463 e. The van der Waals surface area contributed by atoms with Gasteiger partial charge < -0.3 is 28.1 Å². The Morgan fingerprint density at radius 2 is 1.50 bits per heavy atom. The number of rotatable bonds is 7. The van der Waals surface area contributed by atoms with E-state index in [2.05, 4.69) is 94.4 Å². The molecule has 8 heteroatoms. The Morgan fingerprint density at radius 1 is 0.848 bits per heavy atom. The van der Waals surface area contributed by atoms with Gasteiger partial charge in [-0.05, 0) is 55.1 Å². The number of ether oxygens (including phenoxy) is 5. The lowest BCUT2D eigenvalue weighted by atomic mass is 9.86. The van der Waals surface area contributed by atoms with E-state index in [0.29, 0.717) is 19.4 Å². The van der Waals surface area contributed by atoms with Crippen LogP contribution in [0.4, 0.5) is 0 Å². The van der Waals surface area contributed by atoms with Gasteiger partial charge in [-0.3, -0.25) is 4.79 Å². The van der Waals surface area contributed by atoms with Crippen molar-refractivity contribution in [1.82, 2.24) is 0 Å². The van der Waals surface area contributed by atoms with Crippen molar-refractivity contribution in [2.24, 2.45) is 11.3 Å². The fourth-order valence-corrected chi connectivity index (χ4v) is 12.3. The van der Waals surface area contributed by atoms with Crippen LogP contribution in [-0.2, 0) is 32.9 Å². The molecule has 0 bridgehead atoms. The fraction of sp³-hybridized carbons (Fsp3) is 0.605. The molecule has 2 spiro atoms. The van der Waals surface area contributed by atoms with E-state index in [-0.39, 0.29) is 47.9 Å². The predicted molar refractivity (Wildman–Crippen MR) is 180 cm³/mol. The van der Waals surface area contributed by atoms with E-state index in [1.54, 1.807) is 0 Å². The topological polar surface area (TPSA) is 72.5 Å². The highest BCUT2D eigenvalue weighted by atomic mass is 28.4. The number of fused-ring (bicyclic) bond motifs is 1. The van der Waals surface area contributed by atoms with Gasteiger partial charge in [0.05, 0.1) is 36.4 Å². The van der Waals surface area contributed by atoms with Crippen molar-refractivity contribution in [3.8, 4) is 0 Å². The number of carbonyl (C=O) groups is 1. The standard InChI is InChI=1S/C38H52O7Si/c1-27-23-32-33(44-38(27)22-21-37(45-38)20-14-15-28(43-37)25-40-34(39)35(2,3)4)24-29(42-32)26-41-46(36(5,6)7,30-16-10-8-11-17-30)31-18-12-9-13-19-31/h8-14,16-20,27-29,32-33H,15,21-26H2,1-7H3/t27-,28-,29+,32-,33-,37-,38-/m0/s1. The summed E-state index contributed by atoms with van der Waals surface area (Å²) in [5, 5.41) is 2.44. The van der Waals surface area contributed by atoms with Crippen LogP contribution >= 0.6 is 0 Å². The van der Waals surface area contributed by atoms with Crippen LogP contribution < -0.4 is 10.4 Å². The summed E-state index contributed by atoms with van der Waals surface area (Å²) in [5.74, 6) is -1.72. The second-order valence-corrected chi connectivity index (χ2v) is 20.1. The monoisotopic (exact) mass is 648 g/mol. The molecule has 2 aromatic rings. The smallest absolute Gasteiger partial charge is 0.311 e. The summed E-state index contributed by atoms with van der Waals surface area (Å²) in [6.45, 7) is 15.4. The number of hydrogen-bond donors (Lipinski definition) is 0. The van der Waals surface area contributed by atoms with Crippen molar-refractivity contribution in [2.75, 3.05) is 13.2 Å². The molecule has 4 heterocycles. The third kappa shape index (κ3) is 6.41. The molecule has 7 atom stereocenters. The lowest BCUT2D eigenvalue weighted by Gasteiger charge is -2.45. The molecule has 0 unspecified atom stereocenters. The zero-order valence-corrected chi connectivity index (χ0v) is 29.6. The summed E-state index contributed by atoms with van der Waals surface area (Å²) in [6.07, 6.45) is 7.44. The lowest BCUT2D eigenvalue weighted by molar-refractivity contribution is -0.358. The maximum absolute atomic E-state index is 12.4. The van der Waals surface area contributed by atoms with Crippen molar-refractivity contribution in [3.05, 3.63) is 72.8 Å². The van der Waals surface area contributed by atoms with Gasteiger partial charge in [-0.2, -0.15) is 0 Å². The summed E-state index contributed by atoms with van der Waals surface area (Å²) in [4.78, 5) is 12.4. The van der Waals surface area contributed by atoms with Crippen LogP contribution in [0.25, 0.3) is 0 Å². The molecule has 0 aromatic heterocycles. The Labute approximate surface area is 276 Å². The van der Waals surface area contributed by atoms with Gasteiger partial charge in [-0.1, -0.05) is 94.4 Å². The Hall–Kier alpha value is -2.33. The molecule has 0 amide bonds. The first-order valence-corrected chi connectivity index (χ1v) is 19.0. The van der Waals surface area contributed by atoms with Crippen molar-refractivity contribution in [3.63, 3.8) is 0 Å². The Kier molecular flexibility index (Phi) is 9.20. The van der Waals surface area contributed by atoms with Crippen LogP contribution in [0.1, 0.15) is 80.6 Å². The zero-order chi connectivity index (χ0) is 32.8. The Morgan fingerprint density at radius 3 is 2.11 bits per heavy atom. The molecule has 2 aromatic carbocycles. The summed E-state index contributed by atoms with van der Waals surface area (Å²) in [5.41, 5.74) is -0.552. The van der Waals surface area contributed by atoms with Gasteiger partial charge in [0.15, 0.2) is 11.6 Å². The third-order valence-electron chi connectivity index (χ3n) is 10.2. The minimum Gasteiger partial charge on any atom is -0.463 e. The molecule has 4 aliphatic heterocycles. The maximum Gasteiger partial charge on any atom is 0.311 e. The van der Waals surface area contributed by atoms with Crippen LogP contribution in [0.5, 0.6) is 0 Å². The highest BCUT2D eigenvalue weighted by Crippen LogP contribution is 2.52. The van der Waals surface area contributed by atoms with E-state index in [9.17, 15) is 4.79 Å². The minimum absolute atomic E-state index is 0.000837. The Balaban J connectivity index is 1.13. The number of esters is 1. The van der Waals surface area contributed by atoms with E-state index in [0.717, 1.165) is 19.3 Å². The summed E-state index contributed by atoms with van der Waals surface area (Å²) in [6, 6.07) is 21.5. The van der Waals surface area contributed by atoms with Gasteiger partial charge in [-0.15, -0.1) is 0 Å². The quantitative estimate of drug-likeness (QED) is 0.199. The Bertz CT molecular complexity index is 1340. The summed E-state index contributed by atoms with van der Waals surface area (Å²) >= 11 is 0. The van der Waals surface area contributed by atoms with Gasteiger partial charge in [-0.25, -0.2) is 0 Å². The molecule has 46 heavy (non-hydrogen) atoms. The fourth-order valence-electron chi connectivity index (χ4n) is 7.75. The molecule has 7 nitrogen and oxygen atoms in total. The van der Waals surface area contributed by atoms with Gasteiger partial charge in [0.2, 0.25) is 0 Å². The average molecular weight is 649 g/mol. The van der Waals surface area contributed by atoms with E-state index in [1.165, 1.54) is 10.4 Å². The molecule has 0 aliphatic carbocycles. The first-order valence-electron chi connectivity index (χ1n) is 17.1. The van der Waals surface area contributed by atoms with Gasteiger partial charge in [0, 0.05) is 25.2 Å². The van der Waals surface area contributed by atoms with E-state index in [1.807, 2.05) is 26.8 Å². The van der Waals surface area contributed by atoms with Crippen LogP contribution in [0.3, 0.4) is 0 Å². The molecule has 4 aliphatic rings. The van der Waals surface area contributed by atoms with Crippen LogP contribution in [0.15, 0.2) is 72.8 Å². The highest BCUT2D eigenvalue weighted by Gasteiger charge is 2.60. The first kappa shape index (κ1) is 33.6. The summed E-state index contributed by atoms with van der Waals surface area (Å²) < 4.78 is 39.7. The molecule has 3 saturated heterocycles. The predicted octanol–water partition coefficient (Wildman–Crippen LogP) is 6.28. The molecular weight excluding hydrogens is 596 g/mol. The maximum atomic E-state index is 12.4. The minimum atomic E-state index is -2.67. The molecular formula is C38H52O7Si. The normalized spacial score (nSPS) is 33.0. The van der Waals surface area contributed by atoms with Crippen molar-refractivity contribution < 1.29 is 32.9 Å². The van der Waals surface area contributed by atoms with Gasteiger partial charge in [0.25, 0.3) is 8.32 Å². The van der Waals surface area contributed by atoms with E-state index in [4.69, 9.17) is 28.1 Å². The zero-order valence-electron chi connectivity index (χ0n) is 28.6. The number of carbonyl (C=O) groups excluding carboxylic acids is 1.